The van der Waals surface area contributed by atoms with Gasteiger partial charge in [0.25, 0.3) is 5.91 Å². The van der Waals surface area contributed by atoms with Crippen molar-refractivity contribution in [3.8, 4) is 5.75 Å². The van der Waals surface area contributed by atoms with Crippen LogP contribution in [-0.4, -0.2) is 27.5 Å². The van der Waals surface area contributed by atoms with E-state index < -0.39 is 18.0 Å². The Morgan fingerprint density at radius 3 is 2.73 bits per heavy atom. The monoisotopic (exact) mass is 310 g/mol. The molecule has 2 heterocycles. The van der Waals surface area contributed by atoms with Crippen LogP contribution < -0.4 is 10.1 Å². The molecule has 6 nitrogen and oxygen atoms in total. The number of H-pyrrole nitrogens is 1. The number of benzene rings is 1. The number of aromatic amines is 1. The Morgan fingerprint density at radius 2 is 2.09 bits per heavy atom. The molecule has 2 aromatic rings. The molecule has 0 atom stereocenters. The van der Waals surface area contributed by atoms with Crippen LogP contribution in [-0.2, 0) is 4.79 Å². The van der Waals surface area contributed by atoms with Crippen LogP contribution in [0.3, 0.4) is 0 Å². The van der Waals surface area contributed by atoms with Gasteiger partial charge in [-0.1, -0.05) is 0 Å². The van der Waals surface area contributed by atoms with Crippen LogP contribution in [0.25, 0.3) is 11.6 Å². The summed E-state index contributed by atoms with van der Waals surface area (Å²) in [7, 11) is 0. The van der Waals surface area contributed by atoms with Crippen LogP contribution in [0.15, 0.2) is 18.2 Å². The molecule has 1 aromatic heterocycles. The predicted molar refractivity (Wildman–Crippen MR) is 70.7 cm³/mol. The van der Waals surface area contributed by atoms with Gasteiger partial charge in [-0.15, -0.1) is 13.2 Å². The zero-order valence-corrected chi connectivity index (χ0v) is 11.2. The molecule has 22 heavy (non-hydrogen) atoms. The number of carbonyl (C=O) groups excluding carboxylic acids is 1. The minimum absolute atomic E-state index is 0.168. The highest BCUT2D eigenvalue weighted by molar-refractivity contribution is 6.34. The third-order valence-electron chi connectivity index (χ3n) is 2.90. The smallest absolute Gasteiger partial charge is 0.406 e. The van der Waals surface area contributed by atoms with Crippen molar-refractivity contribution >= 4 is 23.2 Å². The van der Waals surface area contributed by atoms with Crippen molar-refractivity contribution < 1.29 is 22.7 Å². The standard InChI is InChI=1S/C13H9F3N4O2/c1-6-17-11(20-19-6)5-9-8-4-7(22-13(14,15)16)2-3-10(8)18-12(9)21/h2-5H,1H3,(H,18,21)(H,17,19,20)/b9-5-. The minimum Gasteiger partial charge on any atom is -0.406 e. The van der Waals surface area contributed by atoms with E-state index in [1.807, 2.05) is 0 Å². The van der Waals surface area contributed by atoms with Gasteiger partial charge < -0.3 is 10.1 Å². The number of amides is 1. The number of hydrogen-bond donors (Lipinski definition) is 2. The molecule has 1 amide bonds. The second-order valence-corrected chi connectivity index (χ2v) is 4.55. The molecule has 0 radical (unpaired) electrons. The maximum absolute atomic E-state index is 12.3. The molecule has 0 unspecified atom stereocenters. The topological polar surface area (TPSA) is 79.9 Å². The Balaban J connectivity index is 2.00. The molecule has 0 aliphatic carbocycles. The van der Waals surface area contributed by atoms with Gasteiger partial charge in [0.1, 0.15) is 11.6 Å². The van der Waals surface area contributed by atoms with Crippen LogP contribution in [0.4, 0.5) is 18.9 Å². The van der Waals surface area contributed by atoms with Gasteiger partial charge >= 0.3 is 6.36 Å². The number of alkyl halides is 3. The van der Waals surface area contributed by atoms with E-state index in [1.165, 1.54) is 12.1 Å². The molecule has 114 valence electrons. The lowest BCUT2D eigenvalue weighted by Gasteiger charge is -2.09. The number of aryl methyl sites for hydroxylation is 1. The Kier molecular flexibility index (Phi) is 3.12. The fraction of sp³-hybridized carbons (Fsp3) is 0.154. The second kappa shape index (κ2) is 4.86. The van der Waals surface area contributed by atoms with E-state index in [9.17, 15) is 18.0 Å². The average molecular weight is 310 g/mol. The molecule has 1 aromatic carbocycles. The van der Waals surface area contributed by atoms with Gasteiger partial charge in [-0.05, 0) is 31.2 Å². The highest BCUT2D eigenvalue weighted by Crippen LogP contribution is 2.36. The molecular weight excluding hydrogens is 301 g/mol. The van der Waals surface area contributed by atoms with Crippen molar-refractivity contribution in [3.05, 3.63) is 35.4 Å². The first-order valence-electron chi connectivity index (χ1n) is 6.14. The quantitative estimate of drug-likeness (QED) is 0.835. The van der Waals surface area contributed by atoms with Gasteiger partial charge in [0.15, 0.2) is 5.82 Å². The number of halogens is 3. The molecule has 0 saturated carbocycles. The molecule has 1 aliphatic rings. The van der Waals surface area contributed by atoms with E-state index in [1.54, 1.807) is 6.92 Å². The van der Waals surface area contributed by atoms with Crippen LogP contribution in [0.5, 0.6) is 5.75 Å². The summed E-state index contributed by atoms with van der Waals surface area (Å²) in [5.74, 6) is -0.0290. The lowest BCUT2D eigenvalue weighted by molar-refractivity contribution is -0.274. The number of aromatic nitrogens is 3. The molecule has 9 heteroatoms. The fourth-order valence-electron chi connectivity index (χ4n) is 2.06. The number of hydrogen-bond acceptors (Lipinski definition) is 4. The van der Waals surface area contributed by atoms with Gasteiger partial charge in [-0.2, -0.15) is 5.10 Å². The Hall–Kier alpha value is -2.84. The number of ether oxygens (including phenoxy) is 1. The van der Waals surface area contributed by atoms with Crippen molar-refractivity contribution in [3.63, 3.8) is 0 Å². The Morgan fingerprint density at radius 1 is 1.32 bits per heavy atom. The first-order valence-corrected chi connectivity index (χ1v) is 6.14. The molecule has 0 bridgehead atoms. The molecule has 0 fully saturated rings. The molecule has 0 saturated heterocycles. The van der Waals surface area contributed by atoms with E-state index in [4.69, 9.17) is 0 Å². The van der Waals surface area contributed by atoms with Crippen molar-refractivity contribution in [1.29, 1.82) is 0 Å². The highest BCUT2D eigenvalue weighted by Gasteiger charge is 2.32. The summed E-state index contributed by atoms with van der Waals surface area (Å²) in [4.78, 5) is 16.0. The third kappa shape index (κ3) is 2.78. The van der Waals surface area contributed by atoms with Crippen LogP contribution in [0.1, 0.15) is 17.2 Å². The lowest BCUT2D eigenvalue weighted by Crippen LogP contribution is -2.17. The normalized spacial score (nSPS) is 15.8. The first-order chi connectivity index (χ1) is 10.3. The van der Waals surface area contributed by atoms with E-state index in [-0.39, 0.29) is 11.4 Å². The molecule has 2 N–H and O–H groups in total. The summed E-state index contributed by atoms with van der Waals surface area (Å²) in [6.45, 7) is 1.69. The SMILES string of the molecule is Cc1nc(/C=C2\C(=O)Nc3ccc(OC(F)(F)F)cc32)n[nH]1. The fourth-order valence-corrected chi connectivity index (χ4v) is 2.06. The maximum atomic E-state index is 12.3. The van der Waals surface area contributed by atoms with Crippen LogP contribution >= 0.6 is 0 Å². The van der Waals surface area contributed by atoms with Crippen molar-refractivity contribution in [2.24, 2.45) is 0 Å². The van der Waals surface area contributed by atoms with Crippen molar-refractivity contribution in [2.75, 3.05) is 5.32 Å². The summed E-state index contributed by atoms with van der Waals surface area (Å²) in [6, 6.07) is 3.62. The van der Waals surface area contributed by atoms with Gasteiger partial charge in [0.05, 0.1) is 5.57 Å². The predicted octanol–water partition coefficient (Wildman–Crippen LogP) is 2.50. The van der Waals surface area contributed by atoms with E-state index in [2.05, 4.69) is 25.2 Å². The van der Waals surface area contributed by atoms with Gasteiger partial charge in [0.2, 0.25) is 0 Å². The summed E-state index contributed by atoms with van der Waals surface area (Å²) < 4.78 is 40.7. The van der Waals surface area contributed by atoms with E-state index >= 15 is 0 Å². The summed E-state index contributed by atoms with van der Waals surface area (Å²) in [5.41, 5.74) is 0.869. The average Bonchev–Trinajstić information content (AvgIpc) is 2.93. The Labute approximate surface area is 122 Å². The summed E-state index contributed by atoms with van der Waals surface area (Å²) in [6.07, 6.45) is -3.41. The van der Waals surface area contributed by atoms with Crippen molar-refractivity contribution in [2.45, 2.75) is 13.3 Å². The zero-order valence-electron chi connectivity index (χ0n) is 11.2. The lowest BCUT2D eigenvalue weighted by atomic mass is 10.1. The first kappa shape index (κ1) is 14.1. The minimum atomic E-state index is -4.80. The van der Waals surface area contributed by atoms with E-state index in [0.717, 1.165) is 12.1 Å². The number of fused-ring (bicyclic) bond motifs is 1. The molecule has 3 rings (SSSR count). The number of nitrogens with zero attached hydrogens (tertiary/aromatic N) is 2. The van der Waals surface area contributed by atoms with E-state index in [0.29, 0.717) is 17.1 Å². The molecular formula is C13H9F3N4O2. The largest absolute Gasteiger partial charge is 0.573 e. The van der Waals surface area contributed by atoms with Gasteiger partial charge in [-0.3, -0.25) is 9.89 Å². The number of carbonyl (C=O) groups is 1. The van der Waals surface area contributed by atoms with Gasteiger partial charge in [-0.25, -0.2) is 4.98 Å². The number of anilines is 1. The maximum Gasteiger partial charge on any atom is 0.573 e. The molecule has 0 spiro atoms. The highest BCUT2D eigenvalue weighted by atomic mass is 19.4. The summed E-state index contributed by atoms with van der Waals surface area (Å²) >= 11 is 0. The second-order valence-electron chi connectivity index (χ2n) is 4.55. The summed E-state index contributed by atoms with van der Waals surface area (Å²) in [5, 5.41) is 9.03. The zero-order chi connectivity index (χ0) is 15.9. The van der Waals surface area contributed by atoms with Gasteiger partial charge in [0, 0.05) is 11.3 Å². The van der Waals surface area contributed by atoms with Crippen LogP contribution in [0.2, 0.25) is 0 Å². The molecule has 1 aliphatic heterocycles. The van der Waals surface area contributed by atoms with Crippen molar-refractivity contribution in [1.82, 2.24) is 15.2 Å². The number of rotatable bonds is 2. The Bertz CT molecular complexity index is 780. The van der Waals surface area contributed by atoms with Crippen LogP contribution in [0, 0.1) is 6.92 Å². The number of nitrogens with one attached hydrogen (secondary N) is 2. The third-order valence-corrected chi connectivity index (χ3v) is 2.90.